The lowest BCUT2D eigenvalue weighted by molar-refractivity contribution is 0.0621. The van der Waals surface area contributed by atoms with Crippen LogP contribution in [0.2, 0.25) is 0 Å². The molecule has 0 bridgehead atoms. The molecule has 0 rings (SSSR count). The average molecular weight is 153 g/mol. The average Bonchev–Trinajstić information content (AvgIpc) is 1.63. The van der Waals surface area contributed by atoms with Gasteiger partial charge in [0.25, 0.3) is 0 Å². The zero-order valence-electron chi connectivity index (χ0n) is 5.39. The van der Waals surface area contributed by atoms with Gasteiger partial charge < -0.3 is 9.47 Å². The van der Waals surface area contributed by atoms with Crippen molar-refractivity contribution in [1.82, 2.24) is 0 Å². The third kappa shape index (κ3) is 5.59. The summed E-state index contributed by atoms with van der Waals surface area (Å²) in [6.45, 7) is 2.07. The van der Waals surface area contributed by atoms with Gasteiger partial charge in [-0.3, -0.25) is 0 Å². The van der Waals surface area contributed by atoms with Crippen LogP contribution in [0.5, 0.6) is 0 Å². The van der Waals surface area contributed by atoms with E-state index < -0.39 is 5.43 Å². The SMILES string of the molecule is COCC(C)OC(=O)Cl. The topological polar surface area (TPSA) is 35.5 Å². The summed E-state index contributed by atoms with van der Waals surface area (Å²) >= 11 is 4.89. The lowest BCUT2D eigenvalue weighted by atomic mass is 10.4. The standard InChI is InChI=1S/C5H9ClO3/c1-4(3-8-2)9-5(6)7/h4H,3H2,1-2H3. The summed E-state index contributed by atoms with van der Waals surface area (Å²) in [5, 5.41) is 0. The fourth-order valence-electron chi connectivity index (χ4n) is 0.427. The third-order valence-corrected chi connectivity index (χ3v) is 0.784. The van der Waals surface area contributed by atoms with Gasteiger partial charge in [0.1, 0.15) is 6.10 Å². The number of methoxy groups -OCH3 is 1. The first kappa shape index (κ1) is 8.72. The lowest BCUT2D eigenvalue weighted by Gasteiger charge is -2.07. The molecule has 0 radical (unpaired) electrons. The van der Waals surface area contributed by atoms with Gasteiger partial charge in [-0.25, -0.2) is 4.79 Å². The Bertz CT molecular complexity index is 94.2. The van der Waals surface area contributed by atoms with Gasteiger partial charge in [-0.1, -0.05) is 0 Å². The Balaban J connectivity index is 3.26. The minimum atomic E-state index is -0.792. The van der Waals surface area contributed by atoms with Crippen LogP contribution in [0.1, 0.15) is 6.92 Å². The molecule has 0 aromatic heterocycles. The van der Waals surface area contributed by atoms with Crippen molar-refractivity contribution in [3.05, 3.63) is 0 Å². The van der Waals surface area contributed by atoms with Crippen LogP contribution in [-0.2, 0) is 9.47 Å². The summed E-state index contributed by atoms with van der Waals surface area (Å²) in [5.41, 5.74) is -0.792. The first-order valence-corrected chi connectivity index (χ1v) is 2.89. The van der Waals surface area contributed by atoms with Gasteiger partial charge in [-0.05, 0) is 6.92 Å². The molecule has 1 atom stereocenters. The quantitative estimate of drug-likeness (QED) is 0.574. The van der Waals surface area contributed by atoms with E-state index in [0.29, 0.717) is 6.61 Å². The molecule has 0 fully saturated rings. The second-order valence-corrected chi connectivity index (χ2v) is 1.93. The van der Waals surface area contributed by atoms with Gasteiger partial charge in [0, 0.05) is 18.7 Å². The van der Waals surface area contributed by atoms with Crippen LogP contribution in [0.25, 0.3) is 0 Å². The van der Waals surface area contributed by atoms with E-state index in [2.05, 4.69) is 9.47 Å². The normalized spacial score (nSPS) is 12.8. The molecule has 0 N–H and O–H groups in total. The van der Waals surface area contributed by atoms with Gasteiger partial charge in [0.2, 0.25) is 0 Å². The summed E-state index contributed by atoms with van der Waals surface area (Å²) in [5.74, 6) is 0. The Morgan fingerprint density at radius 3 is 2.67 bits per heavy atom. The molecule has 54 valence electrons. The largest absolute Gasteiger partial charge is 0.448 e. The van der Waals surface area contributed by atoms with E-state index in [4.69, 9.17) is 11.6 Å². The van der Waals surface area contributed by atoms with Crippen LogP contribution >= 0.6 is 11.6 Å². The maximum Gasteiger partial charge on any atom is 0.404 e. The third-order valence-electron chi connectivity index (χ3n) is 0.695. The van der Waals surface area contributed by atoms with Crippen molar-refractivity contribution >= 4 is 17.0 Å². The van der Waals surface area contributed by atoms with Crippen molar-refractivity contribution < 1.29 is 14.3 Å². The summed E-state index contributed by atoms with van der Waals surface area (Å²) in [4.78, 5) is 10.0. The monoisotopic (exact) mass is 152 g/mol. The van der Waals surface area contributed by atoms with E-state index in [9.17, 15) is 4.79 Å². The highest BCUT2D eigenvalue weighted by Crippen LogP contribution is 1.95. The molecule has 9 heavy (non-hydrogen) atoms. The summed E-state index contributed by atoms with van der Waals surface area (Å²) < 4.78 is 9.16. The van der Waals surface area contributed by atoms with Gasteiger partial charge in [-0.2, -0.15) is 0 Å². The molecule has 0 heterocycles. The molecule has 0 spiro atoms. The smallest absolute Gasteiger partial charge is 0.404 e. The highest BCUT2D eigenvalue weighted by molar-refractivity contribution is 6.61. The van der Waals surface area contributed by atoms with Crippen molar-refractivity contribution in [2.45, 2.75) is 13.0 Å². The minimum absolute atomic E-state index is 0.264. The summed E-state index contributed by atoms with van der Waals surface area (Å²) in [6, 6.07) is 0. The molecule has 1 unspecified atom stereocenters. The van der Waals surface area contributed by atoms with Gasteiger partial charge in [0.15, 0.2) is 0 Å². The zero-order valence-corrected chi connectivity index (χ0v) is 6.14. The van der Waals surface area contributed by atoms with Crippen LogP contribution in [0.4, 0.5) is 4.79 Å². The Labute approximate surface area is 58.9 Å². The van der Waals surface area contributed by atoms with Crippen molar-refractivity contribution in [2.24, 2.45) is 0 Å². The molecule has 0 aliphatic heterocycles. The van der Waals surface area contributed by atoms with Crippen LogP contribution in [0.15, 0.2) is 0 Å². The maximum absolute atomic E-state index is 10.0. The van der Waals surface area contributed by atoms with Crippen molar-refractivity contribution in [3.63, 3.8) is 0 Å². The molecule has 0 saturated heterocycles. The first-order valence-electron chi connectivity index (χ1n) is 2.52. The molecule has 0 aliphatic rings. The molecular weight excluding hydrogens is 144 g/mol. The molecule has 0 aromatic carbocycles. The number of carbonyl (C=O) groups excluding carboxylic acids is 1. The first-order chi connectivity index (χ1) is 4.16. The van der Waals surface area contributed by atoms with Crippen LogP contribution in [0.3, 0.4) is 0 Å². The maximum atomic E-state index is 10.0. The van der Waals surface area contributed by atoms with Gasteiger partial charge in [0.05, 0.1) is 6.61 Å². The lowest BCUT2D eigenvalue weighted by Crippen LogP contribution is -2.15. The molecule has 0 aromatic rings. The van der Waals surface area contributed by atoms with E-state index in [-0.39, 0.29) is 6.10 Å². The van der Waals surface area contributed by atoms with E-state index >= 15 is 0 Å². The number of hydrogen-bond acceptors (Lipinski definition) is 3. The van der Waals surface area contributed by atoms with Crippen molar-refractivity contribution in [2.75, 3.05) is 13.7 Å². The minimum Gasteiger partial charge on any atom is -0.448 e. The zero-order chi connectivity index (χ0) is 7.28. The predicted octanol–water partition coefficient (Wildman–Crippen LogP) is 1.40. The number of ether oxygens (including phenoxy) is 2. The van der Waals surface area contributed by atoms with Crippen LogP contribution < -0.4 is 0 Å². The Kier molecular flexibility index (Phi) is 4.44. The number of rotatable bonds is 3. The predicted molar refractivity (Wildman–Crippen MR) is 33.7 cm³/mol. The Morgan fingerprint density at radius 1 is 1.78 bits per heavy atom. The molecule has 0 saturated carbocycles. The number of carbonyl (C=O) groups is 1. The molecule has 0 aliphatic carbocycles. The van der Waals surface area contributed by atoms with Crippen molar-refractivity contribution in [3.8, 4) is 0 Å². The fraction of sp³-hybridized carbons (Fsp3) is 0.800. The molecule has 0 amide bonds. The summed E-state index contributed by atoms with van der Waals surface area (Å²) in [7, 11) is 1.53. The number of halogens is 1. The summed E-state index contributed by atoms with van der Waals surface area (Å²) in [6.07, 6.45) is -0.264. The van der Waals surface area contributed by atoms with Crippen molar-refractivity contribution in [1.29, 1.82) is 0 Å². The number of hydrogen-bond donors (Lipinski definition) is 0. The Morgan fingerprint density at radius 2 is 2.33 bits per heavy atom. The van der Waals surface area contributed by atoms with Crippen LogP contribution in [-0.4, -0.2) is 25.2 Å². The second-order valence-electron chi connectivity index (χ2n) is 1.62. The molecule has 3 nitrogen and oxygen atoms in total. The van der Waals surface area contributed by atoms with Crippen LogP contribution in [0, 0.1) is 0 Å². The molecule has 4 heteroatoms. The Hall–Kier alpha value is -0.280. The van der Waals surface area contributed by atoms with E-state index in [1.54, 1.807) is 6.92 Å². The van der Waals surface area contributed by atoms with Gasteiger partial charge >= 0.3 is 5.43 Å². The highest BCUT2D eigenvalue weighted by atomic mass is 35.5. The second kappa shape index (κ2) is 4.58. The van der Waals surface area contributed by atoms with Gasteiger partial charge in [-0.15, -0.1) is 0 Å². The molecular formula is C5H9ClO3. The fourth-order valence-corrected chi connectivity index (χ4v) is 0.579. The highest BCUT2D eigenvalue weighted by Gasteiger charge is 2.04. The van der Waals surface area contributed by atoms with E-state index in [0.717, 1.165) is 0 Å². The van der Waals surface area contributed by atoms with E-state index in [1.165, 1.54) is 7.11 Å². The van der Waals surface area contributed by atoms with E-state index in [1.807, 2.05) is 0 Å².